The number of hydrogen-bond donors (Lipinski definition) is 1. The lowest BCUT2D eigenvalue weighted by molar-refractivity contribution is -0.121. The summed E-state index contributed by atoms with van der Waals surface area (Å²) < 4.78 is 44.7. The number of rotatable bonds is 11. The normalized spacial score (nSPS) is 10.5. The highest BCUT2D eigenvalue weighted by molar-refractivity contribution is 5.75. The number of benzene rings is 2. The monoisotopic (exact) mass is 395 g/mol. The first kappa shape index (κ1) is 21.3. The van der Waals surface area contributed by atoms with Gasteiger partial charge in [-0.2, -0.15) is 8.78 Å². The molecule has 0 saturated carbocycles. The van der Waals surface area contributed by atoms with Crippen LogP contribution in [0.3, 0.4) is 0 Å². The molecule has 8 heteroatoms. The average Bonchev–Trinajstić information content (AvgIpc) is 2.70. The van der Waals surface area contributed by atoms with Crippen molar-refractivity contribution < 1.29 is 32.5 Å². The van der Waals surface area contributed by atoms with Gasteiger partial charge in [0.15, 0.2) is 11.5 Å². The first-order chi connectivity index (χ1) is 13.5. The Morgan fingerprint density at radius 3 is 2.36 bits per heavy atom. The Morgan fingerprint density at radius 2 is 1.71 bits per heavy atom. The van der Waals surface area contributed by atoms with E-state index < -0.39 is 6.61 Å². The van der Waals surface area contributed by atoms with Crippen molar-refractivity contribution in [2.75, 3.05) is 20.8 Å². The molecule has 0 unspecified atom stereocenters. The maximum absolute atomic E-state index is 12.3. The molecule has 0 fully saturated rings. The highest BCUT2D eigenvalue weighted by Crippen LogP contribution is 2.29. The average molecular weight is 395 g/mol. The van der Waals surface area contributed by atoms with Crippen LogP contribution in [0, 0.1) is 0 Å². The lowest BCUT2D eigenvalue weighted by Gasteiger charge is -2.12. The highest BCUT2D eigenvalue weighted by Gasteiger charge is 2.11. The third-order valence-electron chi connectivity index (χ3n) is 3.81. The van der Waals surface area contributed by atoms with Crippen molar-refractivity contribution in [3.05, 3.63) is 48.0 Å². The van der Waals surface area contributed by atoms with Crippen LogP contribution in [0.15, 0.2) is 42.5 Å². The summed E-state index contributed by atoms with van der Waals surface area (Å²) >= 11 is 0. The van der Waals surface area contributed by atoms with Crippen molar-refractivity contribution in [2.24, 2.45) is 0 Å². The van der Waals surface area contributed by atoms with E-state index in [0.717, 1.165) is 5.75 Å². The van der Waals surface area contributed by atoms with E-state index in [0.29, 0.717) is 30.8 Å². The number of carbonyl (C=O) groups is 1. The van der Waals surface area contributed by atoms with Crippen LogP contribution in [-0.2, 0) is 11.3 Å². The van der Waals surface area contributed by atoms with Crippen molar-refractivity contribution in [3.63, 3.8) is 0 Å². The van der Waals surface area contributed by atoms with E-state index in [2.05, 4.69) is 10.1 Å². The van der Waals surface area contributed by atoms with Crippen LogP contribution < -0.4 is 24.3 Å². The second kappa shape index (κ2) is 11.0. The Balaban J connectivity index is 1.71. The SMILES string of the molecule is COc1ccc(OCCCC(=O)NCc2ccc(OC(F)F)c(OC)c2)cc1. The predicted octanol–water partition coefficient (Wildman–Crippen LogP) is 3.78. The number of carbonyl (C=O) groups excluding carboxylic acids is 1. The molecule has 0 spiro atoms. The number of methoxy groups -OCH3 is 2. The number of amides is 1. The molecule has 152 valence electrons. The highest BCUT2D eigenvalue weighted by atomic mass is 19.3. The van der Waals surface area contributed by atoms with E-state index in [4.69, 9.17) is 14.2 Å². The van der Waals surface area contributed by atoms with E-state index in [9.17, 15) is 13.6 Å². The van der Waals surface area contributed by atoms with Gasteiger partial charge in [-0.25, -0.2) is 0 Å². The standard InChI is InChI=1S/C20H23F2NO5/c1-25-15-6-8-16(9-7-15)27-11-3-4-19(24)23-13-14-5-10-17(28-20(21)22)18(12-14)26-2/h5-10,12,20H,3-4,11,13H2,1-2H3,(H,23,24). The third-order valence-corrected chi connectivity index (χ3v) is 3.81. The van der Waals surface area contributed by atoms with Crippen LogP contribution in [-0.4, -0.2) is 33.3 Å². The molecule has 6 nitrogen and oxygen atoms in total. The van der Waals surface area contributed by atoms with Crippen molar-refractivity contribution in [2.45, 2.75) is 26.0 Å². The molecule has 2 aromatic rings. The van der Waals surface area contributed by atoms with Crippen LogP contribution in [0.5, 0.6) is 23.0 Å². The van der Waals surface area contributed by atoms with E-state index in [1.54, 1.807) is 43.5 Å². The molecule has 0 aliphatic rings. The molecule has 0 aliphatic heterocycles. The molecule has 2 aromatic carbocycles. The van der Waals surface area contributed by atoms with Crippen LogP contribution in [0.4, 0.5) is 8.78 Å². The molecule has 0 radical (unpaired) electrons. The zero-order valence-corrected chi connectivity index (χ0v) is 15.7. The number of alkyl halides is 2. The minimum atomic E-state index is -2.93. The molecule has 2 rings (SSSR count). The smallest absolute Gasteiger partial charge is 0.387 e. The fourth-order valence-corrected chi connectivity index (χ4v) is 2.40. The zero-order chi connectivity index (χ0) is 20.4. The topological polar surface area (TPSA) is 66.0 Å². The van der Waals surface area contributed by atoms with Crippen molar-refractivity contribution >= 4 is 5.91 Å². The molecule has 0 atom stereocenters. The van der Waals surface area contributed by atoms with Crippen LogP contribution in [0.1, 0.15) is 18.4 Å². The molecule has 0 bridgehead atoms. The molecule has 28 heavy (non-hydrogen) atoms. The molecule has 1 N–H and O–H groups in total. The minimum Gasteiger partial charge on any atom is -0.497 e. The number of nitrogens with one attached hydrogen (secondary N) is 1. The van der Waals surface area contributed by atoms with Gasteiger partial charge < -0.3 is 24.3 Å². The molecule has 0 aromatic heterocycles. The van der Waals surface area contributed by atoms with Crippen molar-refractivity contribution in [3.8, 4) is 23.0 Å². The van der Waals surface area contributed by atoms with Crippen LogP contribution in [0.25, 0.3) is 0 Å². The maximum Gasteiger partial charge on any atom is 0.387 e. The molecular weight excluding hydrogens is 372 g/mol. The minimum absolute atomic E-state index is 0.0525. The third kappa shape index (κ3) is 6.94. The van der Waals surface area contributed by atoms with Crippen LogP contribution >= 0.6 is 0 Å². The second-order valence-corrected chi connectivity index (χ2v) is 5.77. The lowest BCUT2D eigenvalue weighted by atomic mass is 10.2. The summed E-state index contributed by atoms with van der Waals surface area (Å²) in [6, 6.07) is 11.7. The fraction of sp³-hybridized carbons (Fsp3) is 0.350. The molecule has 0 saturated heterocycles. The Morgan fingerprint density at radius 1 is 1.00 bits per heavy atom. The number of hydrogen-bond acceptors (Lipinski definition) is 5. The molecular formula is C20H23F2NO5. The Kier molecular flexibility index (Phi) is 8.33. The van der Waals surface area contributed by atoms with Crippen molar-refractivity contribution in [1.82, 2.24) is 5.32 Å². The van der Waals surface area contributed by atoms with Gasteiger partial charge in [0.05, 0.1) is 20.8 Å². The van der Waals surface area contributed by atoms with E-state index in [1.807, 2.05) is 0 Å². The van der Waals surface area contributed by atoms with Gasteiger partial charge in [0.25, 0.3) is 0 Å². The molecule has 0 heterocycles. The zero-order valence-electron chi connectivity index (χ0n) is 15.7. The predicted molar refractivity (Wildman–Crippen MR) is 99.2 cm³/mol. The summed E-state index contributed by atoms with van der Waals surface area (Å²) in [7, 11) is 2.95. The van der Waals surface area contributed by atoms with Gasteiger partial charge in [-0.1, -0.05) is 6.07 Å². The van der Waals surface area contributed by atoms with E-state index in [-0.39, 0.29) is 24.0 Å². The van der Waals surface area contributed by atoms with E-state index >= 15 is 0 Å². The molecule has 1 amide bonds. The number of halogens is 2. The second-order valence-electron chi connectivity index (χ2n) is 5.77. The van der Waals surface area contributed by atoms with Gasteiger partial charge in [0, 0.05) is 13.0 Å². The summed E-state index contributed by atoms with van der Waals surface area (Å²) in [5, 5.41) is 2.77. The largest absolute Gasteiger partial charge is 0.497 e. The van der Waals surface area contributed by atoms with E-state index in [1.165, 1.54) is 13.2 Å². The van der Waals surface area contributed by atoms with Gasteiger partial charge in [-0.15, -0.1) is 0 Å². The Hall–Kier alpha value is -3.03. The quantitative estimate of drug-likeness (QED) is 0.587. The lowest BCUT2D eigenvalue weighted by Crippen LogP contribution is -2.23. The Bertz CT molecular complexity index is 753. The van der Waals surface area contributed by atoms with Crippen molar-refractivity contribution in [1.29, 1.82) is 0 Å². The fourth-order valence-electron chi connectivity index (χ4n) is 2.40. The first-order valence-electron chi connectivity index (χ1n) is 8.67. The van der Waals surface area contributed by atoms with Gasteiger partial charge in [-0.05, 0) is 48.4 Å². The molecule has 0 aliphatic carbocycles. The Labute approximate surface area is 162 Å². The van der Waals surface area contributed by atoms with Crippen LogP contribution in [0.2, 0.25) is 0 Å². The summed E-state index contributed by atoms with van der Waals surface area (Å²) in [5.41, 5.74) is 0.710. The first-order valence-corrected chi connectivity index (χ1v) is 8.67. The summed E-state index contributed by atoms with van der Waals surface area (Å²) in [6.45, 7) is -2.27. The van der Waals surface area contributed by atoms with Gasteiger partial charge in [-0.3, -0.25) is 4.79 Å². The van der Waals surface area contributed by atoms with Gasteiger partial charge in [0.2, 0.25) is 5.91 Å². The number of ether oxygens (including phenoxy) is 4. The summed E-state index contributed by atoms with van der Waals surface area (Å²) in [6.07, 6.45) is 0.863. The van der Waals surface area contributed by atoms with Gasteiger partial charge in [0.1, 0.15) is 11.5 Å². The summed E-state index contributed by atoms with van der Waals surface area (Å²) in [4.78, 5) is 11.9. The maximum atomic E-state index is 12.3. The van der Waals surface area contributed by atoms with Gasteiger partial charge >= 0.3 is 6.61 Å². The summed E-state index contributed by atoms with van der Waals surface area (Å²) in [5.74, 6) is 1.45.